The van der Waals surface area contributed by atoms with Gasteiger partial charge in [0.1, 0.15) is 12.6 Å². The van der Waals surface area contributed by atoms with E-state index in [0.717, 1.165) is 51.4 Å². The number of hydrogen-bond acceptors (Lipinski definition) is 7. The van der Waals surface area contributed by atoms with Crippen molar-refractivity contribution >= 4 is 17.9 Å². The third kappa shape index (κ3) is 37.4. The molecule has 0 aromatic carbocycles. The number of esters is 2. The molecule has 324 valence electrons. The normalized spacial score (nSPS) is 13.0. The van der Waals surface area contributed by atoms with Crippen LogP contribution in [0.2, 0.25) is 0 Å². The van der Waals surface area contributed by atoms with E-state index >= 15 is 0 Å². The fourth-order valence-electron chi connectivity index (χ4n) is 7.01. The number of carboxylic acid groups (broad SMARTS) is 1. The highest BCUT2D eigenvalue weighted by Crippen LogP contribution is 2.15. The molecule has 0 aliphatic rings. The minimum atomic E-state index is -1.12. The number of likely N-dealkylation sites (N-methyl/N-ethyl adjacent to an activating group) is 1. The number of rotatable bonds is 42. The van der Waals surface area contributed by atoms with Crippen LogP contribution in [0.1, 0.15) is 219 Å². The van der Waals surface area contributed by atoms with Crippen LogP contribution in [0.3, 0.4) is 0 Å². The van der Waals surface area contributed by atoms with Gasteiger partial charge in [-0.1, -0.05) is 174 Å². The third-order valence-electron chi connectivity index (χ3n) is 10.7. The highest BCUT2D eigenvalue weighted by molar-refractivity contribution is 5.70. The molecule has 0 spiro atoms. The molecule has 0 rings (SSSR count). The maximum atomic E-state index is 12.7. The minimum Gasteiger partial charge on any atom is -0.544 e. The fraction of sp³-hybridized carbons (Fsp3) is 0.894. The van der Waals surface area contributed by atoms with E-state index in [2.05, 4.69) is 26.0 Å². The quantitative estimate of drug-likeness (QED) is 0.0263. The molecule has 0 heterocycles. The number of allylic oxidation sites excluding steroid dienone is 2. The van der Waals surface area contributed by atoms with Crippen LogP contribution < -0.4 is 5.11 Å². The van der Waals surface area contributed by atoms with Crippen LogP contribution in [0.25, 0.3) is 0 Å². The molecule has 0 saturated carbocycles. The van der Waals surface area contributed by atoms with E-state index < -0.39 is 18.1 Å². The van der Waals surface area contributed by atoms with Crippen molar-refractivity contribution in [3.63, 3.8) is 0 Å². The molecule has 0 amide bonds. The second-order valence-electron chi connectivity index (χ2n) is 17.0. The van der Waals surface area contributed by atoms with Crippen molar-refractivity contribution in [2.24, 2.45) is 0 Å². The number of unbranched alkanes of at least 4 members (excludes halogenated alkanes) is 26. The molecule has 55 heavy (non-hydrogen) atoms. The van der Waals surface area contributed by atoms with Gasteiger partial charge in [-0.05, 0) is 38.5 Å². The second kappa shape index (κ2) is 38.9. The zero-order valence-corrected chi connectivity index (χ0v) is 36.9. The molecule has 0 aliphatic carbocycles. The fourth-order valence-corrected chi connectivity index (χ4v) is 7.01. The van der Waals surface area contributed by atoms with Gasteiger partial charge in [0.2, 0.25) is 0 Å². The maximum absolute atomic E-state index is 12.7. The van der Waals surface area contributed by atoms with Crippen LogP contribution in [0.5, 0.6) is 0 Å². The summed E-state index contributed by atoms with van der Waals surface area (Å²) < 4.78 is 17.2. The average Bonchev–Trinajstić information content (AvgIpc) is 3.14. The lowest BCUT2D eigenvalue weighted by Crippen LogP contribution is -2.55. The van der Waals surface area contributed by atoms with Gasteiger partial charge in [0.15, 0.2) is 6.10 Å². The Morgan fingerprint density at radius 3 is 1.31 bits per heavy atom. The molecular weight excluding hydrogens is 691 g/mol. The molecule has 0 N–H and O–H groups in total. The van der Waals surface area contributed by atoms with E-state index in [0.29, 0.717) is 12.8 Å². The molecular formula is C47H89NO7. The largest absolute Gasteiger partial charge is 0.544 e. The molecule has 0 aliphatic heterocycles. The number of ether oxygens (including phenoxy) is 3. The lowest BCUT2D eigenvalue weighted by molar-refractivity contribution is -0.889. The van der Waals surface area contributed by atoms with Crippen LogP contribution in [0, 0.1) is 0 Å². The summed E-state index contributed by atoms with van der Waals surface area (Å²) in [6, 6.07) is -0.723. The Morgan fingerprint density at radius 1 is 0.527 bits per heavy atom. The van der Waals surface area contributed by atoms with E-state index in [1.54, 1.807) is 21.1 Å². The van der Waals surface area contributed by atoms with Crippen LogP contribution >= 0.6 is 0 Å². The molecule has 2 atom stereocenters. The number of carbonyl (C=O) groups excluding carboxylic acids is 3. The first-order valence-corrected chi connectivity index (χ1v) is 23.2. The number of hydrogen-bond donors (Lipinski definition) is 0. The van der Waals surface area contributed by atoms with Crippen molar-refractivity contribution in [1.29, 1.82) is 0 Å². The minimum absolute atomic E-state index is 0.0430. The average molecular weight is 780 g/mol. The first-order chi connectivity index (χ1) is 26.6. The standard InChI is InChI=1S/C47H89NO7/c1-6-8-10-12-14-16-18-20-22-24-26-28-30-32-34-36-38-46(50)55-43(41-53-40-39-44(47(51)52)48(3,4)5)42-54-45(49)37-35-33-31-29-27-25-23-21-19-17-15-13-11-9-7-2/h22,24,43-44H,6-21,23,25-42H2,1-5H3/b24-22-. The molecule has 0 saturated heterocycles. The molecule has 0 aromatic heterocycles. The number of nitrogens with zero attached hydrogens (tertiary/aromatic N) is 1. The van der Waals surface area contributed by atoms with Crippen molar-refractivity contribution in [3.8, 4) is 0 Å². The van der Waals surface area contributed by atoms with Gasteiger partial charge in [0.05, 0.1) is 40.3 Å². The van der Waals surface area contributed by atoms with Crippen molar-refractivity contribution in [1.82, 2.24) is 0 Å². The Morgan fingerprint density at radius 2 is 0.909 bits per heavy atom. The summed E-state index contributed by atoms with van der Waals surface area (Å²) in [6.07, 6.45) is 40.8. The van der Waals surface area contributed by atoms with Gasteiger partial charge >= 0.3 is 11.9 Å². The van der Waals surface area contributed by atoms with E-state index in [1.807, 2.05) is 0 Å². The van der Waals surface area contributed by atoms with Gasteiger partial charge in [0.25, 0.3) is 0 Å². The molecule has 2 unspecified atom stereocenters. The molecule has 0 fully saturated rings. The first-order valence-electron chi connectivity index (χ1n) is 23.2. The van der Waals surface area contributed by atoms with Crippen LogP contribution in [-0.2, 0) is 28.6 Å². The number of carboxylic acids is 1. The maximum Gasteiger partial charge on any atom is 0.306 e. The van der Waals surface area contributed by atoms with E-state index in [-0.39, 0.29) is 42.7 Å². The Labute approximate surface area is 339 Å². The van der Waals surface area contributed by atoms with Gasteiger partial charge in [-0.15, -0.1) is 0 Å². The summed E-state index contributed by atoms with van der Waals surface area (Å²) in [7, 11) is 5.41. The zero-order valence-electron chi connectivity index (χ0n) is 36.9. The predicted molar refractivity (Wildman–Crippen MR) is 227 cm³/mol. The van der Waals surface area contributed by atoms with E-state index in [1.165, 1.54) is 135 Å². The Hall–Kier alpha value is -1.93. The lowest BCUT2D eigenvalue weighted by Gasteiger charge is -2.34. The lowest BCUT2D eigenvalue weighted by atomic mass is 10.0. The van der Waals surface area contributed by atoms with Gasteiger partial charge < -0.3 is 28.6 Å². The van der Waals surface area contributed by atoms with Crippen LogP contribution in [-0.4, -0.2) is 75.5 Å². The molecule has 0 radical (unpaired) electrons. The number of carbonyl (C=O) groups is 3. The Kier molecular flexibility index (Phi) is 37.6. The summed E-state index contributed by atoms with van der Waals surface area (Å²) >= 11 is 0. The summed E-state index contributed by atoms with van der Waals surface area (Å²) in [5, 5.41) is 11.6. The second-order valence-corrected chi connectivity index (χ2v) is 17.0. The van der Waals surface area contributed by atoms with Gasteiger partial charge in [-0.3, -0.25) is 9.59 Å². The third-order valence-corrected chi connectivity index (χ3v) is 10.7. The molecule has 8 nitrogen and oxygen atoms in total. The van der Waals surface area contributed by atoms with Crippen molar-refractivity contribution < 1.29 is 38.2 Å². The van der Waals surface area contributed by atoms with Crippen molar-refractivity contribution in [3.05, 3.63) is 12.2 Å². The van der Waals surface area contributed by atoms with E-state index in [9.17, 15) is 19.5 Å². The van der Waals surface area contributed by atoms with Gasteiger partial charge in [-0.2, -0.15) is 0 Å². The summed E-state index contributed by atoms with van der Waals surface area (Å²) in [6.45, 7) is 4.68. The Balaban J connectivity index is 4.30. The molecule has 0 bridgehead atoms. The topological polar surface area (TPSA) is 102 Å². The smallest absolute Gasteiger partial charge is 0.306 e. The van der Waals surface area contributed by atoms with Crippen molar-refractivity contribution in [2.45, 2.75) is 231 Å². The highest BCUT2D eigenvalue weighted by Gasteiger charge is 2.25. The van der Waals surface area contributed by atoms with E-state index in [4.69, 9.17) is 14.2 Å². The first kappa shape index (κ1) is 53.1. The Bertz CT molecular complexity index is 915. The van der Waals surface area contributed by atoms with Gasteiger partial charge in [0, 0.05) is 19.3 Å². The zero-order chi connectivity index (χ0) is 40.7. The van der Waals surface area contributed by atoms with Crippen molar-refractivity contribution in [2.75, 3.05) is 41.0 Å². The van der Waals surface area contributed by atoms with Crippen LogP contribution in [0.4, 0.5) is 0 Å². The SMILES string of the molecule is CCCCCCCCC/C=C\CCCCCCCC(=O)OC(COCCC(C(=O)[O-])[N+](C)(C)C)COC(=O)CCCCCCCCCCCCCCCCC. The monoisotopic (exact) mass is 780 g/mol. The highest BCUT2D eigenvalue weighted by atomic mass is 16.6. The number of aliphatic carboxylic acids is 1. The number of quaternary nitrogens is 1. The molecule has 8 heteroatoms. The predicted octanol–water partition coefficient (Wildman–Crippen LogP) is 11.4. The summed E-state index contributed by atoms with van der Waals surface area (Å²) in [5.41, 5.74) is 0. The molecule has 0 aromatic rings. The van der Waals surface area contributed by atoms with Gasteiger partial charge in [-0.25, -0.2) is 0 Å². The van der Waals surface area contributed by atoms with Crippen LogP contribution in [0.15, 0.2) is 12.2 Å². The summed E-state index contributed by atoms with van der Waals surface area (Å²) in [4.78, 5) is 36.9. The summed E-state index contributed by atoms with van der Waals surface area (Å²) in [5.74, 6) is -1.73.